The van der Waals surface area contributed by atoms with Crippen LogP contribution in [0, 0.1) is 12.8 Å². The van der Waals surface area contributed by atoms with Crippen molar-refractivity contribution in [1.82, 2.24) is 9.88 Å². The Labute approximate surface area is 203 Å². The number of hydrogen-bond donors (Lipinski definition) is 2. The van der Waals surface area contributed by atoms with Crippen molar-refractivity contribution in [2.75, 3.05) is 33.9 Å². The average Bonchev–Trinajstić information content (AvgIpc) is 3.16. The third kappa shape index (κ3) is 5.59. The molecule has 190 valence electrons. The second kappa shape index (κ2) is 10.5. The molecule has 0 radical (unpaired) electrons. The zero-order valence-corrected chi connectivity index (χ0v) is 20.4. The predicted octanol–water partition coefficient (Wildman–Crippen LogP) is 5.89. The predicted molar refractivity (Wildman–Crippen MR) is 130 cm³/mol. The highest BCUT2D eigenvalue weighted by Crippen LogP contribution is 2.36. The number of aromatic amines is 1. The fraction of sp³-hybridized carbons (Fsp3) is 0.481. The fourth-order valence-electron chi connectivity index (χ4n) is 5.15. The second-order valence-electron chi connectivity index (χ2n) is 9.33. The van der Waals surface area contributed by atoms with Gasteiger partial charge in [-0.2, -0.15) is 13.2 Å². The molecule has 1 atom stereocenters. The number of aliphatic hydroxyl groups excluding tert-OH is 1. The maximum atomic E-state index is 12.8. The van der Waals surface area contributed by atoms with Gasteiger partial charge >= 0.3 is 6.18 Å². The molecular formula is C27H33F3N2O3. The fourth-order valence-corrected chi connectivity index (χ4v) is 5.15. The van der Waals surface area contributed by atoms with Crippen LogP contribution in [0.5, 0.6) is 11.5 Å². The molecule has 0 bridgehead atoms. The van der Waals surface area contributed by atoms with E-state index in [1.807, 2.05) is 12.1 Å². The van der Waals surface area contributed by atoms with Crippen molar-refractivity contribution in [2.45, 2.75) is 44.9 Å². The van der Waals surface area contributed by atoms with E-state index in [9.17, 15) is 18.3 Å². The summed E-state index contributed by atoms with van der Waals surface area (Å²) >= 11 is 0. The first kappa shape index (κ1) is 25.4. The SMILES string of the molecule is COc1cc2[nH]c(C)c(CCCN3CCC(C(O)c4ccc(C(F)(F)F)cc4)CC3)c2cc1OC. The lowest BCUT2D eigenvalue weighted by Gasteiger charge is -2.34. The molecule has 0 amide bonds. The van der Waals surface area contributed by atoms with Gasteiger partial charge in [-0.05, 0) is 87.5 Å². The van der Waals surface area contributed by atoms with Crippen LogP contribution >= 0.6 is 0 Å². The Morgan fingerprint density at radius 2 is 1.69 bits per heavy atom. The summed E-state index contributed by atoms with van der Waals surface area (Å²) in [7, 11) is 3.27. The summed E-state index contributed by atoms with van der Waals surface area (Å²) in [5.74, 6) is 1.48. The number of H-pyrrole nitrogens is 1. The number of nitrogens with zero attached hydrogens (tertiary/aromatic N) is 1. The number of likely N-dealkylation sites (tertiary alicyclic amines) is 1. The van der Waals surface area contributed by atoms with E-state index in [2.05, 4.69) is 16.8 Å². The number of nitrogens with one attached hydrogen (secondary N) is 1. The van der Waals surface area contributed by atoms with Crippen LogP contribution in [-0.2, 0) is 12.6 Å². The molecule has 2 aromatic carbocycles. The molecule has 0 saturated carbocycles. The molecule has 1 saturated heterocycles. The number of piperidine rings is 1. The molecule has 2 heterocycles. The number of ether oxygens (including phenoxy) is 2. The van der Waals surface area contributed by atoms with Crippen molar-refractivity contribution in [3.63, 3.8) is 0 Å². The highest BCUT2D eigenvalue weighted by molar-refractivity contribution is 5.88. The van der Waals surface area contributed by atoms with Crippen LogP contribution < -0.4 is 9.47 Å². The minimum atomic E-state index is -4.36. The summed E-state index contributed by atoms with van der Waals surface area (Å²) in [6.07, 6.45) is -1.50. The molecule has 1 aromatic heterocycles. The van der Waals surface area contributed by atoms with Crippen LogP contribution in [0.4, 0.5) is 13.2 Å². The van der Waals surface area contributed by atoms with Crippen molar-refractivity contribution in [2.24, 2.45) is 5.92 Å². The van der Waals surface area contributed by atoms with Crippen LogP contribution in [-0.4, -0.2) is 48.8 Å². The number of rotatable bonds is 8. The summed E-state index contributed by atoms with van der Waals surface area (Å²) in [6.45, 7) is 4.80. The van der Waals surface area contributed by atoms with E-state index < -0.39 is 17.8 Å². The van der Waals surface area contributed by atoms with Gasteiger partial charge in [0.2, 0.25) is 0 Å². The molecule has 4 rings (SSSR count). The van der Waals surface area contributed by atoms with E-state index in [-0.39, 0.29) is 5.92 Å². The first-order valence-electron chi connectivity index (χ1n) is 12.0. The molecular weight excluding hydrogens is 457 g/mol. The highest BCUT2D eigenvalue weighted by Gasteiger charge is 2.31. The summed E-state index contributed by atoms with van der Waals surface area (Å²) in [5.41, 5.74) is 3.33. The average molecular weight is 491 g/mol. The van der Waals surface area contributed by atoms with Gasteiger partial charge in [0.05, 0.1) is 25.9 Å². The van der Waals surface area contributed by atoms with E-state index in [4.69, 9.17) is 9.47 Å². The number of benzene rings is 2. The van der Waals surface area contributed by atoms with Crippen molar-refractivity contribution < 1.29 is 27.8 Å². The van der Waals surface area contributed by atoms with Crippen LogP contribution in [0.25, 0.3) is 10.9 Å². The second-order valence-corrected chi connectivity index (χ2v) is 9.33. The van der Waals surface area contributed by atoms with Gasteiger partial charge in [0.1, 0.15) is 0 Å². The molecule has 1 fully saturated rings. The Balaban J connectivity index is 1.30. The number of aryl methyl sites for hydroxylation is 2. The molecule has 5 nitrogen and oxygen atoms in total. The maximum Gasteiger partial charge on any atom is 0.416 e. The lowest BCUT2D eigenvalue weighted by molar-refractivity contribution is -0.137. The first-order chi connectivity index (χ1) is 16.7. The van der Waals surface area contributed by atoms with E-state index in [0.717, 1.165) is 74.0 Å². The smallest absolute Gasteiger partial charge is 0.416 e. The molecule has 0 spiro atoms. The lowest BCUT2D eigenvalue weighted by atomic mass is 9.87. The standard InChI is InChI=1S/C27H33F3N2O3/c1-17-21(22-15-24(34-2)25(35-3)16-23(22)31-17)5-4-12-32-13-10-19(11-14-32)26(33)18-6-8-20(9-7-18)27(28,29)30/h6-9,15-16,19,26,31,33H,4-5,10-14H2,1-3H3. The maximum absolute atomic E-state index is 12.8. The molecule has 35 heavy (non-hydrogen) atoms. The van der Waals surface area contributed by atoms with Crippen LogP contribution in [0.15, 0.2) is 36.4 Å². The van der Waals surface area contributed by atoms with Crippen molar-refractivity contribution in [3.05, 3.63) is 58.8 Å². The Bertz CT molecular complexity index is 1130. The van der Waals surface area contributed by atoms with E-state index in [1.165, 1.54) is 17.7 Å². The minimum absolute atomic E-state index is 0.0568. The number of alkyl halides is 3. The number of hydrogen-bond acceptors (Lipinski definition) is 4. The van der Waals surface area contributed by atoms with Gasteiger partial charge in [-0.3, -0.25) is 0 Å². The highest BCUT2D eigenvalue weighted by atomic mass is 19.4. The van der Waals surface area contributed by atoms with Crippen LogP contribution in [0.2, 0.25) is 0 Å². The zero-order chi connectivity index (χ0) is 25.2. The molecule has 2 N–H and O–H groups in total. The minimum Gasteiger partial charge on any atom is -0.493 e. The molecule has 3 aromatic rings. The van der Waals surface area contributed by atoms with Gasteiger partial charge in [0, 0.05) is 22.7 Å². The molecule has 1 unspecified atom stereocenters. The summed E-state index contributed by atoms with van der Waals surface area (Å²) in [4.78, 5) is 5.85. The Morgan fingerprint density at radius 1 is 1.06 bits per heavy atom. The Kier molecular flexibility index (Phi) is 7.62. The van der Waals surface area contributed by atoms with Gasteiger partial charge in [0.25, 0.3) is 0 Å². The molecule has 1 aliphatic rings. The normalized spacial score (nSPS) is 16.5. The molecule has 1 aliphatic heterocycles. The Morgan fingerprint density at radius 3 is 2.29 bits per heavy atom. The zero-order valence-electron chi connectivity index (χ0n) is 20.4. The van der Waals surface area contributed by atoms with Gasteiger partial charge in [-0.1, -0.05) is 12.1 Å². The Hall–Kier alpha value is -2.71. The van der Waals surface area contributed by atoms with Crippen LogP contribution in [0.3, 0.4) is 0 Å². The topological polar surface area (TPSA) is 57.7 Å². The van der Waals surface area contributed by atoms with Crippen molar-refractivity contribution in [3.8, 4) is 11.5 Å². The van der Waals surface area contributed by atoms with Crippen molar-refractivity contribution >= 4 is 10.9 Å². The number of aromatic nitrogens is 1. The first-order valence-corrected chi connectivity index (χ1v) is 12.0. The van der Waals surface area contributed by atoms with Crippen LogP contribution in [0.1, 0.15) is 47.8 Å². The lowest BCUT2D eigenvalue weighted by Crippen LogP contribution is -2.36. The third-order valence-corrected chi connectivity index (χ3v) is 7.18. The van der Waals surface area contributed by atoms with Gasteiger partial charge < -0.3 is 24.5 Å². The number of fused-ring (bicyclic) bond motifs is 1. The monoisotopic (exact) mass is 490 g/mol. The third-order valence-electron chi connectivity index (χ3n) is 7.18. The largest absolute Gasteiger partial charge is 0.493 e. The van der Waals surface area contributed by atoms with Gasteiger partial charge in [-0.25, -0.2) is 0 Å². The van der Waals surface area contributed by atoms with E-state index in [0.29, 0.717) is 17.1 Å². The van der Waals surface area contributed by atoms with E-state index >= 15 is 0 Å². The van der Waals surface area contributed by atoms with Gasteiger partial charge in [-0.15, -0.1) is 0 Å². The molecule has 8 heteroatoms. The molecule has 0 aliphatic carbocycles. The number of methoxy groups -OCH3 is 2. The quantitative estimate of drug-likeness (QED) is 0.413. The van der Waals surface area contributed by atoms with Gasteiger partial charge in [0.15, 0.2) is 11.5 Å². The summed E-state index contributed by atoms with van der Waals surface area (Å²) < 4.78 is 49.3. The van der Waals surface area contributed by atoms with E-state index in [1.54, 1.807) is 14.2 Å². The summed E-state index contributed by atoms with van der Waals surface area (Å²) in [6, 6.07) is 8.89. The van der Waals surface area contributed by atoms with Crippen molar-refractivity contribution in [1.29, 1.82) is 0 Å². The number of aliphatic hydroxyl groups is 1. The number of halogens is 3. The summed E-state index contributed by atoms with van der Waals surface area (Å²) in [5, 5.41) is 11.9.